The van der Waals surface area contributed by atoms with Crippen molar-refractivity contribution >= 4 is 17.2 Å². The minimum Gasteiger partial charge on any atom is -0.493 e. The van der Waals surface area contributed by atoms with Crippen LogP contribution in [0.15, 0.2) is 30.3 Å². The fraction of sp³-hybridized carbons (Fsp3) is 0.435. The second kappa shape index (κ2) is 9.23. The van der Waals surface area contributed by atoms with Crippen molar-refractivity contribution < 1.29 is 24.0 Å². The maximum absolute atomic E-state index is 8.84. The Kier molecular flexibility index (Phi) is 6.02. The van der Waals surface area contributed by atoms with Crippen molar-refractivity contribution in [2.24, 2.45) is 0 Å². The molecule has 0 aliphatic carbocycles. The van der Waals surface area contributed by atoms with Crippen LogP contribution in [0.4, 0.5) is 11.4 Å². The summed E-state index contributed by atoms with van der Waals surface area (Å²) in [4.78, 5) is 14.6. The van der Waals surface area contributed by atoms with Gasteiger partial charge in [-0.25, -0.2) is 0 Å². The molecule has 5 rings (SSSR count). The number of rotatable bonds is 7. The number of hydrogen-bond acceptors (Lipinski definition) is 8. The first kappa shape index (κ1) is 20.9. The monoisotopic (exact) mass is 440 g/mol. The maximum Gasteiger partial charge on any atom is 0.173 e. The first-order valence-electron chi connectivity index (χ1n) is 10.9. The van der Waals surface area contributed by atoms with Crippen molar-refractivity contribution in [2.75, 3.05) is 63.5 Å². The number of hydrogen-bond donors (Lipinski definition) is 2. The Balaban J connectivity index is 1.29. The maximum atomic E-state index is 8.84. The number of methoxy groups -OCH3 is 1. The van der Waals surface area contributed by atoms with E-state index in [-0.39, 0.29) is 0 Å². The zero-order valence-corrected chi connectivity index (χ0v) is 18.2. The summed E-state index contributed by atoms with van der Waals surface area (Å²) in [5.74, 6) is 2.38. The molecule has 1 saturated heterocycles. The number of nitrogens with one attached hydrogen (secondary N) is 2. The largest absolute Gasteiger partial charge is 0.493 e. The van der Waals surface area contributed by atoms with E-state index in [9.17, 15) is 0 Å². The lowest BCUT2D eigenvalue weighted by Gasteiger charge is -2.33. The topological polar surface area (TPSA) is 88.5 Å². The van der Waals surface area contributed by atoms with Crippen molar-refractivity contribution in [2.45, 2.75) is 13.0 Å². The van der Waals surface area contributed by atoms with Gasteiger partial charge < -0.3 is 29.3 Å². The van der Waals surface area contributed by atoms with E-state index in [0.717, 1.165) is 61.8 Å². The zero-order valence-electron chi connectivity index (χ0n) is 18.2. The highest BCUT2D eigenvalue weighted by Crippen LogP contribution is 2.39. The van der Waals surface area contributed by atoms with Gasteiger partial charge in [0, 0.05) is 31.3 Å². The molecule has 1 fully saturated rings. The number of nitrogens with zero attached hydrogens (tertiary/aromatic N) is 2. The fourth-order valence-corrected chi connectivity index (χ4v) is 4.25. The Hall–Kier alpha value is -3.01. The predicted octanol–water partition coefficient (Wildman–Crippen LogP) is 2.84. The molecule has 3 aliphatic rings. The summed E-state index contributed by atoms with van der Waals surface area (Å²) in [5, 5.41) is 12.3. The fourth-order valence-electron chi connectivity index (χ4n) is 4.25. The minimum atomic E-state index is 0.364. The number of benzene rings is 2. The lowest BCUT2D eigenvalue weighted by molar-refractivity contribution is -0.194. The number of morpholine rings is 1. The summed E-state index contributed by atoms with van der Waals surface area (Å²) in [7, 11) is 1.62. The lowest BCUT2D eigenvalue weighted by atomic mass is 10.1. The highest BCUT2D eigenvalue weighted by molar-refractivity contribution is 6.14. The summed E-state index contributed by atoms with van der Waals surface area (Å²) in [6.07, 6.45) is 0.931. The van der Waals surface area contributed by atoms with Crippen LogP contribution in [0, 0.1) is 5.41 Å². The molecular formula is C23H28N4O5. The number of amidine groups is 1. The molecule has 32 heavy (non-hydrogen) atoms. The average molecular weight is 441 g/mol. The standard InChI is InChI=1S/C23H28N4O5/c1-28-21-12-16-18(13-22(21)30-9-3-6-26-7-10-29-11-8-26)25-15-27(23(16)24)19-4-2-5-20-17(19)14-31-32-20/h2,4-5,12-13,24-25H,3,6-11,14-15H2,1H3. The Morgan fingerprint density at radius 2 is 2.03 bits per heavy atom. The van der Waals surface area contributed by atoms with E-state index in [1.165, 1.54) is 0 Å². The lowest BCUT2D eigenvalue weighted by Crippen LogP contribution is -2.40. The molecule has 0 bridgehead atoms. The summed E-state index contributed by atoms with van der Waals surface area (Å²) >= 11 is 0. The van der Waals surface area contributed by atoms with Gasteiger partial charge in [-0.2, -0.15) is 4.89 Å². The van der Waals surface area contributed by atoms with E-state index < -0.39 is 0 Å². The molecule has 0 amide bonds. The van der Waals surface area contributed by atoms with Crippen molar-refractivity contribution in [1.82, 2.24) is 4.90 Å². The van der Waals surface area contributed by atoms with E-state index in [1.54, 1.807) is 7.11 Å². The van der Waals surface area contributed by atoms with E-state index >= 15 is 0 Å². The van der Waals surface area contributed by atoms with E-state index in [2.05, 4.69) is 10.2 Å². The third-order valence-electron chi connectivity index (χ3n) is 5.99. The van der Waals surface area contributed by atoms with Crippen molar-refractivity contribution in [1.29, 1.82) is 5.41 Å². The molecule has 0 radical (unpaired) electrons. The van der Waals surface area contributed by atoms with Crippen LogP contribution in [0.2, 0.25) is 0 Å². The van der Waals surface area contributed by atoms with E-state index in [4.69, 9.17) is 29.4 Å². The smallest absolute Gasteiger partial charge is 0.173 e. The molecule has 9 nitrogen and oxygen atoms in total. The Bertz CT molecular complexity index is 993. The number of ether oxygens (including phenoxy) is 3. The molecule has 0 aromatic heterocycles. The van der Waals surface area contributed by atoms with Crippen molar-refractivity contribution in [3.63, 3.8) is 0 Å². The molecule has 170 valence electrons. The molecule has 0 unspecified atom stereocenters. The van der Waals surface area contributed by atoms with Gasteiger partial charge in [-0.05, 0) is 24.6 Å². The van der Waals surface area contributed by atoms with Crippen LogP contribution < -0.4 is 24.6 Å². The van der Waals surface area contributed by atoms with Crippen molar-refractivity contribution in [3.8, 4) is 17.2 Å². The van der Waals surface area contributed by atoms with Gasteiger partial charge in [0.05, 0.1) is 50.5 Å². The second-order valence-electron chi connectivity index (χ2n) is 7.92. The van der Waals surface area contributed by atoms with Gasteiger partial charge in [-0.15, -0.1) is 0 Å². The van der Waals surface area contributed by atoms with Crippen LogP contribution >= 0.6 is 0 Å². The van der Waals surface area contributed by atoms with Gasteiger partial charge in [0.15, 0.2) is 17.2 Å². The van der Waals surface area contributed by atoms with Crippen LogP contribution in [0.25, 0.3) is 0 Å². The van der Waals surface area contributed by atoms with Crippen LogP contribution in [0.1, 0.15) is 17.5 Å². The molecule has 0 spiro atoms. The zero-order chi connectivity index (χ0) is 21.9. The van der Waals surface area contributed by atoms with E-state index in [1.807, 2.05) is 35.2 Å². The molecule has 0 saturated carbocycles. The summed E-state index contributed by atoms with van der Waals surface area (Å²) in [6.45, 7) is 5.99. The average Bonchev–Trinajstić information content (AvgIpc) is 3.32. The highest BCUT2D eigenvalue weighted by Gasteiger charge is 2.29. The van der Waals surface area contributed by atoms with Gasteiger partial charge in [-0.3, -0.25) is 10.3 Å². The molecule has 2 aromatic rings. The first-order valence-corrected chi connectivity index (χ1v) is 10.9. The molecule has 3 aliphatic heterocycles. The van der Waals surface area contributed by atoms with Crippen LogP contribution in [-0.4, -0.2) is 64.0 Å². The molecular weight excluding hydrogens is 412 g/mol. The van der Waals surface area contributed by atoms with Gasteiger partial charge in [0.2, 0.25) is 0 Å². The molecule has 3 heterocycles. The van der Waals surface area contributed by atoms with Crippen molar-refractivity contribution in [3.05, 3.63) is 41.5 Å². The van der Waals surface area contributed by atoms with Gasteiger partial charge >= 0.3 is 0 Å². The van der Waals surface area contributed by atoms with Gasteiger partial charge in [-0.1, -0.05) is 6.07 Å². The quantitative estimate of drug-likeness (QED) is 0.502. The summed E-state index contributed by atoms with van der Waals surface area (Å²) in [5.41, 5.74) is 3.45. The number of fused-ring (bicyclic) bond motifs is 2. The minimum absolute atomic E-state index is 0.364. The van der Waals surface area contributed by atoms with Crippen LogP contribution in [0.5, 0.6) is 17.2 Å². The SMILES string of the molecule is COc1cc2c(cc1OCCCN1CCOCC1)NCN(c1cccc3c1COO3)C2=N. The Morgan fingerprint density at radius 3 is 2.88 bits per heavy atom. The third kappa shape index (κ3) is 4.06. The predicted molar refractivity (Wildman–Crippen MR) is 120 cm³/mol. The molecule has 9 heteroatoms. The molecule has 0 atom stereocenters. The third-order valence-corrected chi connectivity index (χ3v) is 5.99. The summed E-state index contributed by atoms with van der Waals surface area (Å²) < 4.78 is 17.0. The first-order chi connectivity index (χ1) is 15.7. The molecule has 2 N–H and O–H groups in total. The van der Waals surface area contributed by atoms with Gasteiger partial charge in [0.1, 0.15) is 12.4 Å². The Morgan fingerprint density at radius 1 is 1.16 bits per heavy atom. The van der Waals surface area contributed by atoms with E-state index in [0.29, 0.717) is 43.0 Å². The highest BCUT2D eigenvalue weighted by atomic mass is 17.2. The van der Waals surface area contributed by atoms with Crippen LogP contribution in [0.3, 0.4) is 0 Å². The second-order valence-corrected chi connectivity index (χ2v) is 7.92. The molecule has 2 aromatic carbocycles. The van der Waals surface area contributed by atoms with Crippen LogP contribution in [-0.2, 0) is 16.2 Å². The number of anilines is 2. The van der Waals surface area contributed by atoms with Gasteiger partial charge in [0.25, 0.3) is 0 Å². The Labute approximate surface area is 187 Å². The normalized spacial score (nSPS) is 17.9. The summed E-state index contributed by atoms with van der Waals surface area (Å²) in [6, 6.07) is 9.54.